The van der Waals surface area contributed by atoms with Crippen LogP contribution in [-0.2, 0) is 81.9 Å². The fourth-order valence-electron chi connectivity index (χ4n) is 8.70. The number of unbranched alkanes of at least 4 members (excludes halogenated alkanes) is 2. The highest BCUT2D eigenvalue weighted by atomic mass is 32.2. The summed E-state index contributed by atoms with van der Waals surface area (Å²) in [7, 11) is -9.44. The topological polar surface area (TPSA) is 298 Å². The van der Waals surface area contributed by atoms with Crippen LogP contribution in [0.1, 0.15) is 64.4 Å². The molecule has 0 aliphatic carbocycles. The quantitative estimate of drug-likeness (QED) is 0.0154. The second kappa shape index (κ2) is 40.3. The molecule has 89 heavy (non-hydrogen) atoms. The molecule has 498 valence electrons. The number of aliphatic imine (C=N–C) groups is 1. The lowest BCUT2D eigenvalue weighted by molar-refractivity contribution is -0.136. The molecule has 1 saturated heterocycles. The van der Waals surface area contributed by atoms with Gasteiger partial charge in [-0.15, -0.1) is 0 Å². The first kappa shape index (κ1) is 74.2. The number of halogens is 4. The van der Waals surface area contributed by atoms with E-state index in [1.807, 2.05) is 35.2 Å². The highest BCUT2D eigenvalue weighted by molar-refractivity contribution is 7.89. The van der Waals surface area contributed by atoms with E-state index in [2.05, 4.69) is 28.9 Å². The van der Waals surface area contributed by atoms with Gasteiger partial charge in [0.25, 0.3) is 0 Å². The Morgan fingerprint density at radius 3 is 1.60 bits per heavy atom. The van der Waals surface area contributed by atoms with Crippen LogP contribution in [0.4, 0.5) is 23.2 Å². The second-order valence-corrected chi connectivity index (χ2v) is 23.5. The molecule has 2 heterocycles. The number of fused-ring (bicyclic) bond motifs is 1. The zero-order chi connectivity index (χ0) is 64.4. The summed E-state index contributed by atoms with van der Waals surface area (Å²) in [5.41, 5.74) is 9.77. The molecule has 2 aliphatic rings. The maximum atomic E-state index is 14.0. The number of nitrogens with two attached hydrogens (primary N) is 1. The van der Waals surface area contributed by atoms with Crippen molar-refractivity contribution in [1.82, 2.24) is 14.5 Å². The van der Waals surface area contributed by atoms with Crippen LogP contribution >= 0.6 is 0 Å². The molecule has 5 rings (SSSR count). The Labute approximate surface area is 517 Å². The number of nitrogens with one attached hydrogen (secondary N) is 1. The molecule has 30 heteroatoms. The Morgan fingerprint density at radius 1 is 0.629 bits per heavy atom. The van der Waals surface area contributed by atoms with E-state index in [1.54, 1.807) is 18.2 Å². The molecule has 0 aromatic heterocycles. The van der Waals surface area contributed by atoms with Crippen molar-refractivity contribution >= 4 is 55.5 Å². The third-order valence-corrected chi connectivity index (χ3v) is 16.0. The number of esters is 1. The number of carbonyl (C=O) groups is 3. The molecule has 0 spiro atoms. The number of benzene rings is 3. The lowest BCUT2D eigenvalue weighted by Gasteiger charge is -2.38. The monoisotopic (exact) mass is 1310 g/mol. The molecule has 1 fully saturated rings. The molecule has 0 radical (unpaired) electrons. The second-order valence-electron chi connectivity index (χ2n) is 20.2. The molecule has 24 nitrogen and oxygen atoms in total. The maximum absolute atomic E-state index is 14.0. The van der Waals surface area contributed by atoms with Crippen molar-refractivity contribution in [3.8, 4) is 16.9 Å². The number of amidine groups is 1. The molecule has 2 aliphatic heterocycles. The predicted octanol–water partition coefficient (Wildman–Crippen LogP) is 5.65. The van der Waals surface area contributed by atoms with Crippen molar-refractivity contribution in [2.45, 2.75) is 68.6 Å². The lowest BCUT2D eigenvalue weighted by atomic mass is 10.0. The highest BCUT2D eigenvalue weighted by Crippen LogP contribution is 2.35. The SMILES string of the molecule is CCCCCN(CCC)C(=O)C1=Cc2ccc(-c3cccc(S(=O)(=O)N4CC(CNC(=O)CCOCCOCCOCCOCCOCCOCCOCCOCCOCCOCCC(=O)Oc5c(F)c(F)c(S(=O)(=O)O)c(F)c5F)C4)c3)cc2N=C(N)C1. The Morgan fingerprint density at radius 2 is 1.11 bits per heavy atom. The van der Waals surface area contributed by atoms with E-state index < -0.39 is 66.4 Å². The summed E-state index contributed by atoms with van der Waals surface area (Å²) in [6, 6.07) is 12.4. The van der Waals surface area contributed by atoms with Crippen molar-refractivity contribution in [2.75, 3.05) is 165 Å². The van der Waals surface area contributed by atoms with Crippen LogP contribution in [0.15, 0.2) is 62.8 Å². The molecule has 3 aromatic carbocycles. The first-order chi connectivity index (χ1) is 42.8. The molecular formula is C59H83F4N5O19S2. The van der Waals surface area contributed by atoms with Gasteiger partial charge in [-0.05, 0) is 48.2 Å². The molecule has 3 aromatic rings. The minimum Gasteiger partial charge on any atom is -0.420 e. The third-order valence-electron chi connectivity index (χ3n) is 13.3. The van der Waals surface area contributed by atoms with Crippen molar-refractivity contribution in [2.24, 2.45) is 16.6 Å². The largest absolute Gasteiger partial charge is 0.420 e. The number of hydrogen-bond donors (Lipinski definition) is 3. The van der Waals surface area contributed by atoms with Gasteiger partial charge in [0.15, 0.2) is 16.5 Å². The Bertz CT molecular complexity index is 2970. The van der Waals surface area contributed by atoms with Crippen LogP contribution in [-0.4, -0.2) is 219 Å². The standard InChI is InChI=1S/C59H83F4N5O19S2/c1-3-5-6-15-67(14-4-2)59(71)47-36-46-11-10-45(38-49(46)66-50(64)39-47)44-8-7-9-48(37-44)88(72,73)68-41-43(42-68)40-65-51(69)12-16-77-18-20-79-22-24-81-26-28-83-30-32-85-34-35-86-33-31-84-29-27-82-25-23-80-21-19-78-17-13-52(70)87-57-53(60)55(62)58(89(74,75)76)56(63)54(57)61/h7-11,36-38,43H,3-6,12-35,39-42H2,1-2H3,(H2,64,66)(H,65,69)(H,74,75,76). The molecule has 4 N–H and O–H groups in total. The minimum absolute atomic E-state index is 0.0120. The van der Waals surface area contributed by atoms with Gasteiger partial charge in [-0.3, -0.25) is 18.9 Å². The number of amides is 2. The summed E-state index contributed by atoms with van der Waals surface area (Å²) >= 11 is 0. The maximum Gasteiger partial charge on any atom is 0.313 e. The van der Waals surface area contributed by atoms with Crippen LogP contribution in [0.25, 0.3) is 17.2 Å². The van der Waals surface area contributed by atoms with E-state index in [0.29, 0.717) is 135 Å². The van der Waals surface area contributed by atoms with Gasteiger partial charge in [-0.25, -0.2) is 22.2 Å². The van der Waals surface area contributed by atoms with Crippen molar-refractivity contribution in [3.05, 3.63) is 76.9 Å². The van der Waals surface area contributed by atoms with Crippen LogP contribution in [0, 0.1) is 29.2 Å². The first-order valence-corrected chi connectivity index (χ1v) is 32.4. The Hall–Kier alpha value is -5.58. The zero-order valence-electron chi connectivity index (χ0n) is 50.4. The van der Waals surface area contributed by atoms with Gasteiger partial charge in [0.05, 0.1) is 149 Å². The normalized spacial score (nSPS) is 13.8. The minimum atomic E-state index is -5.65. The molecule has 0 bridgehead atoms. The van der Waals surface area contributed by atoms with E-state index in [1.165, 1.54) is 4.31 Å². The van der Waals surface area contributed by atoms with E-state index in [-0.39, 0.29) is 88.2 Å². The molecule has 0 atom stereocenters. The number of nitrogens with zero attached hydrogens (tertiary/aromatic N) is 3. The van der Waals surface area contributed by atoms with Crippen molar-refractivity contribution in [1.29, 1.82) is 0 Å². The number of hydrogen-bond acceptors (Lipinski definition) is 20. The predicted molar refractivity (Wildman–Crippen MR) is 317 cm³/mol. The van der Waals surface area contributed by atoms with Gasteiger partial charge >= 0.3 is 16.1 Å². The zero-order valence-corrected chi connectivity index (χ0v) is 52.0. The molecule has 0 saturated carbocycles. The summed E-state index contributed by atoms with van der Waals surface area (Å²) in [4.78, 5) is 42.4. The fourth-order valence-corrected chi connectivity index (χ4v) is 11.0. The van der Waals surface area contributed by atoms with Gasteiger partial charge in [-0.2, -0.15) is 21.5 Å². The number of sulfonamides is 1. The lowest BCUT2D eigenvalue weighted by Crippen LogP contribution is -2.53. The van der Waals surface area contributed by atoms with E-state index in [9.17, 15) is 48.8 Å². The average molecular weight is 1310 g/mol. The molecule has 0 unspecified atom stereocenters. The van der Waals surface area contributed by atoms with Crippen LogP contribution in [0.3, 0.4) is 0 Å². The van der Waals surface area contributed by atoms with Gasteiger partial charge in [0, 0.05) is 62.6 Å². The van der Waals surface area contributed by atoms with E-state index in [0.717, 1.165) is 36.8 Å². The number of ether oxygens (including phenoxy) is 11. The van der Waals surface area contributed by atoms with Crippen LogP contribution in [0.5, 0.6) is 5.75 Å². The Balaban J connectivity index is 0.761. The summed E-state index contributed by atoms with van der Waals surface area (Å²) < 4.78 is 174. The van der Waals surface area contributed by atoms with Gasteiger partial charge in [0.1, 0.15) is 5.84 Å². The molecular weight excluding hydrogens is 1220 g/mol. The van der Waals surface area contributed by atoms with Gasteiger partial charge in [-0.1, -0.05) is 51.0 Å². The number of rotatable bonds is 47. The first-order valence-electron chi connectivity index (χ1n) is 29.5. The van der Waals surface area contributed by atoms with Gasteiger partial charge < -0.3 is 68.1 Å². The van der Waals surface area contributed by atoms with E-state index >= 15 is 0 Å². The average Bonchev–Trinajstić information content (AvgIpc) is 1.37. The highest BCUT2D eigenvalue weighted by Gasteiger charge is 2.37. The third kappa shape index (κ3) is 25.9. The summed E-state index contributed by atoms with van der Waals surface area (Å²) in [5.74, 6) is -12.6. The van der Waals surface area contributed by atoms with E-state index in [4.69, 9.17) is 57.7 Å². The number of carbonyl (C=O) groups excluding carboxylic acids is 3. The Kier molecular flexibility index (Phi) is 33.6. The van der Waals surface area contributed by atoms with Crippen molar-refractivity contribution in [3.63, 3.8) is 0 Å². The van der Waals surface area contributed by atoms with Crippen LogP contribution < -0.4 is 15.8 Å². The molecule has 2 amide bonds. The fraction of sp³-hybridized carbons (Fsp3) is 0.593. The van der Waals surface area contributed by atoms with Crippen molar-refractivity contribution < 1.29 is 105 Å². The van der Waals surface area contributed by atoms with Gasteiger partial charge in [0.2, 0.25) is 39.2 Å². The van der Waals surface area contributed by atoms with Crippen LogP contribution in [0.2, 0.25) is 0 Å². The summed E-state index contributed by atoms with van der Waals surface area (Å²) in [6.07, 6.45) is 5.60. The smallest absolute Gasteiger partial charge is 0.313 e. The summed E-state index contributed by atoms with van der Waals surface area (Å²) in [5, 5.41) is 2.88. The summed E-state index contributed by atoms with van der Waals surface area (Å²) in [6.45, 7) is 12.0.